The molecule has 0 atom stereocenters. The number of benzene rings is 1. The van der Waals surface area contributed by atoms with Gasteiger partial charge in [0.15, 0.2) is 0 Å². The van der Waals surface area contributed by atoms with Crippen LogP contribution in [0.4, 0.5) is 4.79 Å². The Morgan fingerprint density at radius 3 is 2.42 bits per heavy atom. The van der Waals surface area contributed by atoms with Gasteiger partial charge < -0.3 is 15.8 Å². The van der Waals surface area contributed by atoms with Crippen molar-refractivity contribution in [2.45, 2.75) is 19.3 Å². The van der Waals surface area contributed by atoms with Crippen molar-refractivity contribution in [2.75, 3.05) is 13.2 Å². The molecule has 1 aromatic rings. The minimum absolute atomic E-state index is 0.0533. The number of halogens is 1. The third-order valence-corrected chi connectivity index (χ3v) is 3.02. The second-order valence-corrected chi connectivity index (χ2v) is 4.99. The van der Waals surface area contributed by atoms with Crippen LogP contribution in [0.1, 0.15) is 19.4 Å². The van der Waals surface area contributed by atoms with Crippen LogP contribution in [0.3, 0.4) is 0 Å². The summed E-state index contributed by atoms with van der Waals surface area (Å²) in [6.07, 6.45) is -0.855. The van der Waals surface area contributed by atoms with Gasteiger partial charge in [-0.1, -0.05) is 23.7 Å². The first-order valence-corrected chi connectivity index (χ1v) is 6.18. The molecule has 0 spiro atoms. The molecular weight excluding hydrogens is 268 g/mol. The Bertz CT molecular complexity index is 457. The molecule has 3 N–H and O–H groups in total. The van der Waals surface area contributed by atoms with Crippen molar-refractivity contribution < 1.29 is 14.3 Å². The van der Waals surface area contributed by atoms with Crippen LogP contribution >= 0.6 is 11.6 Å². The maximum Gasteiger partial charge on any atom is 0.404 e. The van der Waals surface area contributed by atoms with E-state index in [2.05, 4.69) is 10.1 Å². The molecule has 5 nitrogen and oxygen atoms in total. The lowest BCUT2D eigenvalue weighted by atomic mass is 9.84. The second kappa shape index (κ2) is 6.43. The first kappa shape index (κ1) is 15.3. The van der Waals surface area contributed by atoms with Gasteiger partial charge in [0.1, 0.15) is 6.61 Å². The van der Waals surface area contributed by atoms with Gasteiger partial charge in [0, 0.05) is 5.02 Å². The van der Waals surface area contributed by atoms with Crippen LogP contribution < -0.4 is 11.1 Å². The maximum atomic E-state index is 12.1. The molecule has 0 unspecified atom stereocenters. The van der Waals surface area contributed by atoms with Gasteiger partial charge in [-0.25, -0.2) is 4.79 Å². The molecule has 2 amide bonds. The normalized spacial score (nSPS) is 10.9. The molecule has 0 radical (unpaired) electrons. The molecule has 1 rings (SSSR count). The number of carbonyl (C=O) groups excluding carboxylic acids is 2. The number of hydrogen-bond acceptors (Lipinski definition) is 3. The van der Waals surface area contributed by atoms with Gasteiger partial charge in [-0.3, -0.25) is 4.79 Å². The van der Waals surface area contributed by atoms with Crippen molar-refractivity contribution in [2.24, 2.45) is 5.73 Å². The van der Waals surface area contributed by atoms with Gasteiger partial charge in [0.2, 0.25) is 5.91 Å². The molecule has 0 aromatic heterocycles. The first-order chi connectivity index (χ1) is 8.84. The number of carbonyl (C=O) groups is 2. The molecule has 104 valence electrons. The van der Waals surface area contributed by atoms with E-state index in [0.717, 1.165) is 5.56 Å². The quantitative estimate of drug-likeness (QED) is 0.809. The Labute approximate surface area is 117 Å². The van der Waals surface area contributed by atoms with E-state index in [9.17, 15) is 9.59 Å². The van der Waals surface area contributed by atoms with E-state index in [1.807, 2.05) is 12.1 Å². The predicted octanol–water partition coefficient (Wildman–Crippen LogP) is 1.83. The van der Waals surface area contributed by atoms with E-state index in [-0.39, 0.29) is 19.1 Å². The van der Waals surface area contributed by atoms with Crippen LogP contribution in [0.2, 0.25) is 5.02 Å². The molecule has 1 aromatic carbocycles. The van der Waals surface area contributed by atoms with Crippen LogP contribution in [-0.4, -0.2) is 25.2 Å². The molecule has 0 bridgehead atoms. The van der Waals surface area contributed by atoms with Crippen LogP contribution in [-0.2, 0) is 14.9 Å². The summed E-state index contributed by atoms with van der Waals surface area (Å²) in [6, 6.07) is 7.09. The second-order valence-electron chi connectivity index (χ2n) is 4.56. The van der Waals surface area contributed by atoms with Gasteiger partial charge in [-0.05, 0) is 31.5 Å². The van der Waals surface area contributed by atoms with Gasteiger partial charge in [0.05, 0.1) is 12.0 Å². The highest BCUT2D eigenvalue weighted by Crippen LogP contribution is 2.24. The zero-order chi connectivity index (χ0) is 14.5. The molecule has 6 heteroatoms. The molecule has 0 aliphatic heterocycles. The van der Waals surface area contributed by atoms with Crippen molar-refractivity contribution in [1.29, 1.82) is 0 Å². The van der Waals surface area contributed by atoms with Crippen LogP contribution in [0, 0.1) is 0 Å². The Kier molecular flexibility index (Phi) is 5.18. The summed E-state index contributed by atoms with van der Waals surface area (Å²) in [7, 11) is 0. The van der Waals surface area contributed by atoms with Gasteiger partial charge in [0.25, 0.3) is 0 Å². The van der Waals surface area contributed by atoms with Crippen LogP contribution in [0.25, 0.3) is 0 Å². The van der Waals surface area contributed by atoms with Crippen molar-refractivity contribution in [1.82, 2.24) is 5.32 Å². The van der Waals surface area contributed by atoms with E-state index in [1.165, 1.54) is 0 Å². The predicted molar refractivity (Wildman–Crippen MR) is 73.0 cm³/mol. The number of rotatable bonds is 5. The SMILES string of the molecule is CC(C)(C(=O)NCCOC(N)=O)c1ccc(Cl)cc1. The Balaban J connectivity index is 2.58. The largest absolute Gasteiger partial charge is 0.448 e. The van der Waals surface area contributed by atoms with Crippen molar-refractivity contribution in [3.8, 4) is 0 Å². The number of primary amides is 1. The summed E-state index contributed by atoms with van der Waals surface area (Å²) >= 11 is 5.81. The fraction of sp³-hybridized carbons (Fsp3) is 0.385. The minimum Gasteiger partial charge on any atom is -0.448 e. The number of ether oxygens (including phenoxy) is 1. The monoisotopic (exact) mass is 284 g/mol. The summed E-state index contributed by atoms with van der Waals surface area (Å²) in [5, 5.41) is 3.31. The van der Waals surface area contributed by atoms with Crippen LogP contribution in [0.5, 0.6) is 0 Å². The lowest BCUT2D eigenvalue weighted by molar-refractivity contribution is -0.125. The highest BCUT2D eigenvalue weighted by molar-refractivity contribution is 6.30. The highest BCUT2D eigenvalue weighted by atomic mass is 35.5. The summed E-state index contributed by atoms with van der Waals surface area (Å²) < 4.78 is 4.53. The van der Waals surface area contributed by atoms with E-state index in [4.69, 9.17) is 17.3 Å². The molecule has 0 fully saturated rings. The zero-order valence-electron chi connectivity index (χ0n) is 10.9. The molecular formula is C13H17ClN2O3. The summed E-state index contributed by atoms with van der Waals surface area (Å²) in [6.45, 7) is 3.89. The summed E-state index contributed by atoms with van der Waals surface area (Å²) in [5.41, 5.74) is 4.97. The summed E-state index contributed by atoms with van der Waals surface area (Å²) in [5.74, 6) is -0.164. The fourth-order valence-electron chi connectivity index (χ4n) is 1.53. The fourth-order valence-corrected chi connectivity index (χ4v) is 1.66. The standard InChI is InChI=1S/C13H17ClN2O3/c1-13(2,9-3-5-10(14)6-4-9)11(17)16-7-8-19-12(15)18/h3-6H,7-8H2,1-2H3,(H2,15,18)(H,16,17). The molecule has 0 aliphatic rings. The van der Waals surface area contributed by atoms with Crippen LogP contribution in [0.15, 0.2) is 24.3 Å². The summed E-state index contributed by atoms with van der Waals surface area (Å²) in [4.78, 5) is 22.4. The maximum absolute atomic E-state index is 12.1. The number of amides is 2. The number of nitrogens with one attached hydrogen (secondary N) is 1. The smallest absolute Gasteiger partial charge is 0.404 e. The molecule has 0 heterocycles. The lowest BCUT2D eigenvalue weighted by Crippen LogP contribution is -2.41. The minimum atomic E-state index is -0.855. The molecule has 0 saturated heterocycles. The highest BCUT2D eigenvalue weighted by Gasteiger charge is 2.29. The van der Waals surface area contributed by atoms with E-state index in [0.29, 0.717) is 5.02 Å². The Morgan fingerprint density at radius 1 is 1.32 bits per heavy atom. The van der Waals surface area contributed by atoms with E-state index in [1.54, 1.807) is 26.0 Å². The first-order valence-electron chi connectivity index (χ1n) is 5.80. The van der Waals surface area contributed by atoms with Crippen molar-refractivity contribution >= 4 is 23.6 Å². The molecule has 0 aliphatic carbocycles. The van der Waals surface area contributed by atoms with E-state index < -0.39 is 11.5 Å². The zero-order valence-corrected chi connectivity index (χ0v) is 11.7. The average molecular weight is 285 g/mol. The Morgan fingerprint density at radius 2 is 1.89 bits per heavy atom. The van der Waals surface area contributed by atoms with Crippen molar-refractivity contribution in [3.63, 3.8) is 0 Å². The number of hydrogen-bond donors (Lipinski definition) is 2. The third-order valence-electron chi connectivity index (χ3n) is 2.77. The van der Waals surface area contributed by atoms with E-state index >= 15 is 0 Å². The van der Waals surface area contributed by atoms with Gasteiger partial charge >= 0.3 is 6.09 Å². The topological polar surface area (TPSA) is 81.4 Å². The Hall–Kier alpha value is -1.75. The molecule has 19 heavy (non-hydrogen) atoms. The van der Waals surface area contributed by atoms with Crippen molar-refractivity contribution in [3.05, 3.63) is 34.9 Å². The van der Waals surface area contributed by atoms with Gasteiger partial charge in [-0.2, -0.15) is 0 Å². The number of nitrogens with two attached hydrogens (primary N) is 1. The molecule has 0 saturated carbocycles. The van der Waals surface area contributed by atoms with Gasteiger partial charge in [-0.15, -0.1) is 0 Å². The lowest BCUT2D eigenvalue weighted by Gasteiger charge is -2.24. The average Bonchev–Trinajstić information content (AvgIpc) is 2.34. The third kappa shape index (κ3) is 4.44.